The van der Waals surface area contributed by atoms with Crippen LogP contribution in [-0.2, 0) is 0 Å². The Balaban J connectivity index is 2.34. The molecule has 1 aliphatic rings. The predicted octanol–water partition coefficient (Wildman–Crippen LogP) is 0.849. The Morgan fingerprint density at radius 2 is 2.20 bits per heavy atom. The van der Waals surface area contributed by atoms with E-state index in [2.05, 4.69) is 12.2 Å². The first-order valence-electron chi connectivity index (χ1n) is 5.75. The molecule has 0 aliphatic heterocycles. The molecule has 0 amide bonds. The van der Waals surface area contributed by atoms with E-state index in [-0.39, 0.29) is 6.61 Å². The number of hydrogen-bond donors (Lipinski definition) is 3. The van der Waals surface area contributed by atoms with E-state index in [0.717, 1.165) is 5.92 Å². The van der Waals surface area contributed by atoms with Crippen molar-refractivity contribution >= 4 is 11.8 Å². The fraction of sp³-hybridized carbons (Fsp3) is 1.00. The summed E-state index contributed by atoms with van der Waals surface area (Å²) in [6, 6.07) is 0.567. The van der Waals surface area contributed by atoms with E-state index < -0.39 is 6.10 Å². The van der Waals surface area contributed by atoms with Gasteiger partial charge in [0, 0.05) is 17.0 Å². The van der Waals surface area contributed by atoms with E-state index in [9.17, 15) is 5.11 Å². The zero-order valence-electron chi connectivity index (χ0n) is 9.65. The average Bonchev–Trinajstić information content (AvgIpc) is 2.26. The van der Waals surface area contributed by atoms with Crippen molar-refractivity contribution in [1.82, 2.24) is 5.32 Å². The molecule has 0 aromatic heterocycles. The first-order chi connectivity index (χ1) is 7.17. The van der Waals surface area contributed by atoms with Gasteiger partial charge in [-0.1, -0.05) is 6.92 Å². The van der Waals surface area contributed by atoms with Crippen molar-refractivity contribution in [3.8, 4) is 0 Å². The maximum atomic E-state index is 9.32. The second kappa shape index (κ2) is 6.74. The van der Waals surface area contributed by atoms with Crippen molar-refractivity contribution in [1.29, 1.82) is 0 Å². The minimum Gasteiger partial charge on any atom is -0.394 e. The van der Waals surface area contributed by atoms with Gasteiger partial charge in [0.1, 0.15) is 0 Å². The number of aliphatic hydroxyl groups excluding tert-OH is 2. The van der Waals surface area contributed by atoms with Crippen molar-refractivity contribution in [2.75, 3.05) is 19.4 Å². The number of rotatable bonds is 5. The van der Waals surface area contributed by atoms with Crippen molar-refractivity contribution in [2.45, 2.75) is 43.6 Å². The molecule has 1 aliphatic carbocycles. The van der Waals surface area contributed by atoms with Gasteiger partial charge in [-0.05, 0) is 32.2 Å². The molecule has 3 nitrogen and oxygen atoms in total. The molecular weight excluding hydrogens is 210 g/mol. The summed E-state index contributed by atoms with van der Waals surface area (Å²) < 4.78 is 0. The molecule has 4 unspecified atom stereocenters. The van der Waals surface area contributed by atoms with Crippen LogP contribution in [0.1, 0.15) is 26.2 Å². The molecule has 15 heavy (non-hydrogen) atoms. The lowest BCUT2D eigenvalue weighted by Crippen LogP contribution is -2.41. The molecular formula is C11H23NO2S. The van der Waals surface area contributed by atoms with Gasteiger partial charge in [0.05, 0.1) is 12.7 Å². The van der Waals surface area contributed by atoms with E-state index in [1.165, 1.54) is 19.3 Å². The van der Waals surface area contributed by atoms with Gasteiger partial charge in [-0.3, -0.25) is 0 Å². The van der Waals surface area contributed by atoms with Crippen LogP contribution in [0.2, 0.25) is 0 Å². The highest BCUT2D eigenvalue weighted by molar-refractivity contribution is 8.00. The average molecular weight is 233 g/mol. The third-order valence-corrected chi connectivity index (χ3v) is 4.66. The van der Waals surface area contributed by atoms with Crippen LogP contribution in [0.4, 0.5) is 0 Å². The summed E-state index contributed by atoms with van der Waals surface area (Å²) in [7, 11) is 2.01. The van der Waals surface area contributed by atoms with Gasteiger partial charge in [-0.2, -0.15) is 11.8 Å². The van der Waals surface area contributed by atoms with Gasteiger partial charge < -0.3 is 15.5 Å². The molecule has 1 fully saturated rings. The second-order valence-electron chi connectivity index (χ2n) is 4.52. The number of aliphatic hydroxyl groups is 2. The fourth-order valence-electron chi connectivity index (χ4n) is 2.13. The zero-order valence-corrected chi connectivity index (χ0v) is 10.5. The molecule has 0 radical (unpaired) electrons. The Morgan fingerprint density at radius 1 is 1.47 bits per heavy atom. The molecule has 0 bridgehead atoms. The Morgan fingerprint density at radius 3 is 2.80 bits per heavy atom. The van der Waals surface area contributed by atoms with E-state index in [1.807, 2.05) is 7.05 Å². The summed E-state index contributed by atoms with van der Waals surface area (Å²) >= 11 is 1.79. The van der Waals surface area contributed by atoms with Crippen molar-refractivity contribution in [3.63, 3.8) is 0 Å². The third-order valence-electron chi connectivity index (χ3n) is 3.14. The molecule has 4 atom stereocenters. The second-order valence-corrected chi connectivity index (χ2v) is 5.79. The van der Waals surface area contributed by atoms with Crippen LogP contribution in [0, 0.1) is 5.92 Å². The molecule has 90 valence electrons. The predicted molar refractivity (Wildman–Crippen MR) is 65.2 cm³/mol. The monoisotopic (exact) mass is 233 g/mol. The van der Waals surface area contributed by atoms with Crippen molar-refractivity contribution in [2.24, 2.45) is 5.92 Å². The SMILES string of the molecule is CNC1CCC(C)CC1SCC(O)CO. The maximum Gasteiger partial charge on any atom is 0.0861 e. The summed E-state index contributed by atoms with van der Waals surface area (Å²) in [6.07, 6.45) is 3.18. The largest absolute Gasteiger partial charge is 0.394 e. The number of nitrogens with one attached hydrogen (secondary N) is 1. The van der Waals surface area contributed by atoms with Crippen LogP contribution in [0.25, 0.3) is 0 Å². The Hall–Kier alpha value is 0.230. The lowest BCUT2D eigenvalue weighted by molar-refractivity contribution is 0.113. The van der Waals surface area contributed by atoms with Crippen LogP contribution in [-0.4, -0.2) is 47.0 Å². The minimum absolute atomic E-state index is 0.126. The minimum atomic E-state index is -0.565. The summed E-state index contributed by atoms with van der Waals surface area (Å²) in [5.74, 6) is 1.44. The molecule has 3 N–H and O–H groups in total. The molecule has 0 spiro atoms. The Kier molecular flexibility index (Phi) is 5.97. The molecule has 0 heterocycles. The Bertz CT molecular complexity index is 180. The Labute approximate surface area is 96.6 Å². The maximum absolute atomic E-state index is 9.32. The summed E-state index contributed by atoms with van der Waals surface area (Å²) in [5.41, 5.74) is 0. The number of hydrogen-bond acceptors (Lipinski definition) is 4. The van der Waals surface area contributed by atoms with Gasteiger partial charge >= 0.3 is 0 Å². The smallest absolute Gasteiger partial charge is 0.0861 e. The third kappa shape index (κ3) is 4.31. The van der Waals surface area contributed by atoms with Crippen molar-refractivity contribution in [3.05, 3.63) is 0 Å². The topological polar surface area (TPSA) is 52.5 Å². The molecule has 1 saturated carbocycles. The quantitative estimate of drug-likeness (QED) is 0.659. The van der Waals surface area contributed by atoms with E-state index in [4.69, 9.17) is 5.11 Å². The van der Waals surface area contributed by atoms with Gasteiger partial charge in [0.2, 0.25) is 0 Å². The molecule has 1 rings (SSSR count). The highest BCUT2D eigenvalue weighted by Gasteiger charge is 2.28. The summed E-state index contributed by atoms with van der Waals surface area (Å²) in [6.45, 7) is 2.17. The zero-order chi connectivity index (χ0) is 11.3. The first-order valence-corrected chi connectivity index (χ1v) is 6.80. The first kappa shape index (κ1) is 13.3. The van der Waals surface area contributed by atoms with Crippen LogP contribution in [0.15, 0.2) is 0 Å². The van der Waals surface area contributed by atoms with E-state index in [1.54, 1.807) is 11.8 Å². The highest BCUT2D eigenvalue weighted by atomic mass is 32.2. The van der Waals surface area contributed by atoms with Crippen LogP contribution < -0.4 is 5.32 Å². The molecule has 0 aromatic carbocycles. The van der Waals surface area contributed by atoms with Gasteiger partial charge in [0.15, 0.2) is 0 Å². The van der Waals surface area contributed by atoms with E-state index in [0.29, 0.717) is 17.0 Å². The van der Waals surface area contributed by atoms with Gasteiger partial charge in [-0.25, -0.2) is 0 Å². The van der Waals surface area contributed by atoms with Gasteiger partial charge in [-0.15, -0.1) is 0 Å². The lowest BCUT2D eigenvalue weighted by atomic mass is 9.87. The standard InChI is InChI=1S/C11H23NO2S/c1-8-3-4-10(12-2)11(5-8)15-7-9(14)6-13/h8-14H,3-7H2,1-2H3. The van der Waals surface area contributed by atoms with E-state index >= 15 is 0 Å². The van der Waals surface area contributed by atoms with Crippen molar-refractivity contribution < 1.29 is 10.2 Å². The van der Waals surface area contributed by atoms with Crippen LogP contribution in [0.5, 0.6) is 0 Å². The lowest BCUT2D eigenvalue weighted by Gasteiger charge is -2.34. The fourth-order valence-corrected chi connectivity index (χ4v) is 3.67. The molecule has 4 heteroatoms. The van der Waals surface area contributed by atoms with Crippen LogP contribution in [0.3, 0.4) is 0 Å². The molecule has 0 aromatic rings. The van der Waals surface area contributed by atoms with Crippen LogP contribution >= 0.6 is 11.8 Å². The summed E-state index contributed by atoms with van der Waals surface area (Å²) in [5, 5.41) is 22.0. The molecule has 0 saturated heterocycles. The normalized spacial score (nSPS) is 34.0. The summed E-state index contributed by atoms with van der Waals surface area (Å²) in [4.78, 5) is 0. The van der Waals surface area contributed by atoms with Gasteiger partial charge in [0.25, 0.3) is 0 Å². The highest BCUT2D eigenvalue weighted by Crippen LogP contribution is 2.32. The number of thioether (sulfide) groups is 1.